The van der Waals surface area contributed by atoms with Gasteiger partial charge in [-0.05, 0) is 37.8 Å². The number of anilines is 1. The number of carboxylic acids is 1. The molecule has 1 unspecified atom stereocenters. The van der Waals surface area contributed by atoms with Gasteiger partial charge in [0.2, 0.25) is 0 Å². The summed E-state index contributed by atoms with van der Waals surface area (Å²) in [6.45, 7) is 4.48. The van der Waals surface area contributed by atoms with E-state index in [-0.39, 0.29) is 12.3 Å². The highest BCUT2D eigenvalue weighted by Gasteiger charge is 2.12. The highest BCUT2D eigenvalue weighted by atomic mass is 16.4. The molecule has 0 bridgehead atoms. The molecule has 1 rings (SSSR count). The van der Waals surface area contributed by atoms with Gasteiger partial charge in [0.15, 0.2) is 0 Å². The van der Waals surface area contributed by atoms with E-state index in [1.807, 2.05) is 19.9 Å². The standard InChI is InChI=1S/C16H24N2O3/c1-3-12(5-7-15(19)20)8-9-18-16(21)13-10-11(2)4-6-14(13)17/h4,6,10,12H,3,5,7-9,17H2,1-2H3,(H,18,21)(H,19,20). The van der Waals surface area contributed by atoms with Crippen LogP contribution in [0.5, 0.6) is 0 Å². The molecule has 116 valence electrons. The summed E-state index contributed by atoms with van der Waals surface area (Å²) in [6.07, 6.45) is 2.52. The van der Waals surface area contributed by atoms with Crippen molar-refractivity contribution in [1.82, 2.24) is 5.32 Å². The van der Waals surface area contributed by atoms with Crippen LogP contribution in [-0.2, 0) is 4.79 Å². The molecule has 0 aromatic heterocycles. The lowest BCUT2D eigenvalue weighted by Gasteiger charge is -2.14. The second kappa shape index (κ2) is 8.29. The molecular formula is C16H24N2O3. The number of aliphatic carboxylic acids is 1. The molecule has 0 radical (unpaired) electrons. The van der Waals surface area contributed by atoms with Crippen molar-refractivity contribution < 1.29 is 14.7 Å². The van der Waals surface area contributed by atoms with Crippen molar-refractivity contribution in [3.8, 4) is 0 Å². The van der Waals surface area contributed by atoms with Gasteiger partial charge in [0.05, 0.1) is 5.56 Å². The Labute approximate surface area is 125 Å². The first-order chi connectivity index (χ1) is 9.93. The number of amides is 1. The van der Waals surface area contributed by atoms with Gasteiger partial charge in [-0.15, -0.1) is 0 Å². The van der Waals surface area contributed by atoms with Gasteiger partial charge >= 0.3 is 5.97 Å². The molecular weight excluding hydrogens is 268 g/mol. The first-order valence-electron chi connectivity index (χ1n) is 7.30. The highest BCUT2D eigenvalue weighted by Crippen LogP contribution is 2.16. The molecule has 5 nitrogen and oxygen atoms in total. The van der Waals surface area contributed by atoms with Crippen LogP contribution in [-0.4, -0.2) is 23.5 Å². The molecule has 5 heteroatoms. The number of nitrogens with one attached hydrogen (secondary N) is 1. The third-order valence-corrected chi connectivity index (χ3v) is 3.64. The molecule has 0 saturated carbocycles. The lowest BCUT2D eigenvalue weighted by Crippen LogP contribution is -2.27. The fraction of sp³-hybridized carbons (Fsp3) is 0.500. The number of hydrogen-bond acceptors (Lipinski definition) is 3. The number of aryl methyl sites for hydroxylation is 1. The molecule has 1 amide bonds. The van der Waals surface area contributed by atoms with Gasteiger partial charge in [-0.1, -0.05) is 25.0 Å². The van der Waals surface area contributed by atoms with E-state index >= 15 is 0 Å². The zero-order valence-electron chi connectivity index (χ0n) is 12.7. The largest absolute Gasteiger partial charge is 0.481 e. The van der Waals surface area contributed by atoms with E-state index in [0.717, 1.165) is 18.4 Å². The minimum atomic E-state index is -0.773. The maximum Gasteiger partial charge on any atom is 0.303 e. The van der Waals surface area contributed by atoms with Crippen molar-refractivity contribution in [3.05, 3.63) is 29.3 Å². The normalized spacial score (nSPS) is 11.9. The fourth-order valence-corrected chi connectivity index (χ4v) is 2.23. The number of carboxylic acid groups (broad SMARTS) is 1. The third kappa shape index (κ3) is 5.85. The van der Waals surface area contributed by atoms with Crippen LogP contribution in [0.1, 0.15) is 48.5 Å². The molecule has 21 heavy (non-hydrogen) atoms. The summed E-state index contributed by atoms with van der Waals surface area (Å²) < 4.78 is 0. The molecule has 0 spiro atoms. The SMILES string of the molecule is CCC(CCNC(=O)c1cc(C)ccc1N)CCC(=O)O. The van der Waals surface area contributed by atoms with E-state index in [9.17, 15) is 9.59 Å². The minimum absolute atomic E-state index is 0.177. The first-order valence-corrected chi connectivity index (χ1v) is 7.30. The Morgan fingerprint density at radius 2 is 2.05 bits per heavy atom. The van der Waals surface area contributed by atoms with Gasteiger partial charge in [0.1, 0.15) is 0 Å². The Balaban J connectivity index is 2.45. The van der Waals surface area contributed by atoms with Crippen LogP contribution in [0.2, 0.25) is 0 Å². The molecule has 0 aliphatic rings. The van der Waals surface area contributed by atoms with Crippen molar-refractivity contribution in [2.45, 2.75) is 39.5 Å². The van der Waals surface area contributed by atoms with Crippen molar-refractivity contribution >= 4 is 17.6 Å². The lowest BCUT2D eigenvalue weighted by atomic mass is 9.96. The monoisotopic (exact) mass is 292 g/mol. The van der Waals surface area contributed by atoms with E-state index in [0.29, 0.717) is 30.1 Å². The summed E-state index contributed by atoms with van der Waals surface area (Å²) in [6, 6.07) is 5.36. The Morgan fingerprint density at radius 1 is 1.33 bits per heavy atom. The van der Waals surface area contributed by atoms with Gasteiger partial charge in [-0.2, -0.15) is 0 Å². The van der Waals surface area contributed by atoms with Crippen LogP contribution in [0, 0.1) is 12.8 Å². The average Bonchev–Trinajstić information content (AvgIpc) is 2.44. The maximum absolute atomic E-state index is 12.1. The second-order valence-electron chi connectivity index (χ2n) is 5.34. The van der Waals surface area contributed by atoms with Crippen LogP contribution in [0.15, 0.2) is 18.2 Å². The Hall–Kier alpha value is -2.04. The molecule has 0 aliphatic heterocycles. The van der Waals surface area contributed by atoms with Crippen molar-refractivity contribution in [3.63, 3.8) is 0 Å². The van der Waals surface area contributed by atoms with E-state index < -0.39 is 5.97 Å². The van der Waals surface area contributed by atoms with Crippen LogP contribution >= 0.6 is 0 Å². The van der Waals surface area contributed by atoms with Gasteiger partial charge in [-0.3, -0.25) is 9.59 Å². The molecule has 1 atom stereocenters. The van der Waals surface area contributed by atoms with Crippen LogP contribution in [0.3, 0.4) is 0 Å². The van der Waals surface area contributed by atoms with E-state index in [1.165, 1.54) is 0 Å². The number of benzene rings is 1. The Bertz CT molecular complexity index is 500. The Morgan fingerprint density at radius 3 is 2.67 bits per heavy atom. The molecule has 0 heterocycles. The molecule has 1 aromatic rings. The van der Waals surface area contributed by atoms with E-state index in [4.69, 9.17) is 10.8 Å². The zero-order chi connectivity index (χ0) is 15.8. The predicted molar refractivity (Wildman–Crippen MR) is 83.2 cm³/mol. The van der Waals surface area contributed by atoms with E-state index in [2.05, 4.69) is 5.32 Å². The number of nitrogen functional groups attached to an aromatic ring is 1. The lowest BCUT2D eigenvalue weighted by molar-refractivity contribution is -0.137. The van der Waals surface area contributed by atoms with E-state index in [1.54, 1.807) is 12.1 Å². The van der Waals surface area contributed by atoms with Crippen molar-refractivity contribution in [2.75, 3.05) is 12.3 Å². The number of carbonyl (C=O) groups excluding carboxylic acids is 1. The topological polar surface area (TPSA) is 92.4 Å². The van der Waals surface area contributed by atoms with Gasteiger partial charge < -0.3 is 16.2 Å². The zero-order valence-corrected chi connectivity index (χ0v) is 12.7. The quantitative estimate of drug-likeness (QED) is 0.642. The van der Waals surface area contributed by atoms with Crippen LogP contribution in [0.25, 0.3) is 0 Å². The Kier molecular flexibility index (Phi) is 6.72. The molecule has 0 fully saturated rings. The third-order valence-electron chi connectivity index (χ3n) is 3.64. The second-order valence-corrected chi connectivity index (χ2v) is 5.34. The number of carbonyl (C=O) groups is 2. The minimum Gasteiger partial charge on any atom is -0.481 e. The van der Waals surface area contributed by atoms with Gasteiger partial charge in [0.25, 0.3) is 5.91 Å². The van der Waals surface area contributed by atoms with Gasteiger partial charge in [0, 0.05) is 18.7 Å². The molecule has 1 aromatic carbocycles. The molecule has 4 N–H and O–H groups in total. The van der Waals surface area contributed by atoms with Crippen LogP contribution in [0.4, 0.5) is 5.69 Å². The maximum atomic E-state index is 12.1. The summed E-state index contributed by atoms with van der Waals surface area (Å²) in [5.41, 5.74) is 7.75. The predicted octanol–water partition coefficient (Wildman–Crippen LogP) is 2.59. The number of hydrogen-bond donors (Lipinski definition) is 3. The molecule has 0 aliphatic carbocycles. The summed E-state index contributed by atoms with van der Waals surface area (Å²) >= 11 is 0. The van der Waals surface area contributed by atoms with Crippen molar-refractivity contribution in [2.24, 2.45) is 5.92 Å². The summed E-state index contributed by atoms with van der Waals surface area (Å²) in [5, 5.41) is 11.5. The van der Waals surface area contributed by atoms with Crippen LogP contribution < -0.4 is 11.1 Å². The fourth-order valence-electron chi connectivity index (χ4n) is 2.23. The van der Waals surface area contributed by atoms with Gasteiger partial charge in [-0.25, -0.2) is 0 Å². The molecule has 0 saturated heterocycles. The first kappa shape index (κ1) is 17.0. The average molecular weight is 292 g/mol. The summed E-state index contributed by atoms with van der Waals surface area (Å²) in [4.78, 5) is 22.6. The van der Waals surface area contributed by atoms with Crippen molar-refractivity contribution in [1.29, 1.82) is 0 Å². The highest BCUT2D eigenvalue weighted by molar-refractivity contribution is 5.99. The summed E-state index contributed by atoms with van der Waals surface area (Å²) in [7, 11) is 0. The summed E-state index contributed by atoms with van der Waals surface area (Å²) in [5.74, 6) is -0.634. The number of rotatable bonds is 8. The smallest absolute Gasteiger partial charge is 0.303 e. The number of nitrogens with two attached hydrogens (primary N) is 1.